The molecule has 0 spiro atoms. The highest BCUT2D eigenvalue weighted by molar-refractivity contribution is 5.85. The van der Waals surface area contributed by atoms with Crippen LogP contribution in [-0.4, -0.2) is 6.54 Å². The molecule has 1 rings (SSSR count). The predicted molar refractivity (Wildman–Crippen MR) is 42.8 cm³/mol. The van der Waals surface area contributed by atoms with E-state index < -0.39 is 0 Å². The van der Waals surface area contributed by atoms with Gasteiger partial charge in [-0.15, -0.1) is 12.4 Å². The molecule has 0 aromatic heterocycles. The van der Waals surface area contributed by atoms with Crippen LogP contribution in [0.15, 0.2) is 12.2 Å². The topological polar surface area (TPSA) is 26.0 Å². The Morgan fingerprint density at radius 3 is 2.56 bits per heavy atom. The lowest BCUT2D eigenvalue weighted by atomic mass is 9.95. The molecule has 2 heteroatoms. The van der Waals surface area contributed by atoms with Crippen molar-refractivity contribution in [3.63, 3.8) is 0 Å². The maximum atomic E-state index is 5.47. The Hall–Kier alpha value is -0.0100. The fraction of sp³-hybridized carbons (Fsp3) is 0.714. The van der Waals surface area contributed by atoms with Gasteiger partial charge in [0.15, 0.2) is 0 Å². The van der Waals surface area contributed by atoms with E-state index in [-0.39, 0.29) is 12.4 Å². The van der Waals surface area contributed by atoms with Crippen molar-refractivity contribution in [1.82, 2.24) is 0 Å². The quantitative estimate of drug-likeness (QED) is 0.562. The first-order valence-corrected chi connectivity index (χ1v) is 3.28. The maximum Gasteiger partial charge on any atom is -0.00458 e. The summed E-state index contributed by atoms with van der Waals surface area (Å²) in [5, 5.41) is 0. The van der Waals surface area contributed by atoms with Crippen LogP contribution in [0.2, 0.25) is 0 Å². The molecule has 0 aromatic carbocycles. The average molecular weight is 148 g/mol. The minimum atomic E-state index is 0. The van der Waals surface area contributed by atoms with Gasteiger partial charge in [0.2, 0.25) is 0 Å². The van der Waals surface area contributed by atoms with Gasteiger partial charge in [-0.1, -0.05) is 12.2 Å². The highest BCUT2D eigenvalue weighted by Crippen LogP contribution is 2.15. The van der Waals surface area contributed by atoms with Gasteiger partial charge in [-0.2, -0.15) is 0 Å². The zero-order valence-electron chi connectivity index (χ0n) is 5.55. The van der Waals surface area contributed by atoms with Crippen molar-refractivity contribution in [2.24, 2.45) is 11.7 Å². The Bertz CT molecular complexity index is 90.9. The van der Waals surface area contributed by atoms with Crippen LogP contribution in [0.4, 0.5) is 0 Å². The largest absolute Gasteiger partial charge is 0.330 e. The van der Waals surface area contributed by atoms with Gasteiger partial charge >= 0.3 is 0 Å². The Morgan fingerprint density at radius 1 is 1.44 bits per heavy atom. The molecule has 0 radical (unpaired) electrons. The molecule has 0 bridgehead atoms. The van der Waals surface area contributed by atoms with Gasteiger partial charge in [0.05, 0.1) is 0 Å². The van der Waals surface area contributed by atoms with Crippen LogP contribution in [-0.2, 0) is 0 Å². The van der Waals surface area contributed by atoms with Gasteiger partial charge in [-0.25, -0.2) is 0 Å². The third kappa shape index (κ3) is 2.87. The molecule has 0 fully saturated rings. The van der Waals surface area contributed by atoms with Crippen LogP contribution in [0.25, 0.3) is 0 Å². The lowest BCUT2D eigenvalue weighted by Gasteiger charge is -2.13. The first kappa shape index (κ1) is 8.99. The molecule has 1 atom stereocenters. The Balaban J connectivity index is 0.000000640. The predicted octanol–water partition coefficient (Wildman–Crippen LogP) is 1.72. The summed E-state index contributed by atoms with van der Waals surface area (Å²) in [7, 11) is 0. The second-order valence-electron chi connectivity index (χ2n) is 2.39. The fourth-order valence-corrected chi connectivity index (χ4v) is 1.07. The first-order valence-electron chi connectivity index (χ1n) is 3.28. The summed E-state index contributed by atoms with van der Waals surface area (Å²) in [5.41, 5.74) is 5.47. The van der Waals surface area contributed by atoms with E-state index in [1.165, 1.54) is 19.3 Å². The summed E-state index contributed by atoms with van der Waals surface area (Å²) in [4.78, 5) is 0. The SMILES string of the molecule is Cl.NCC1CC=CCC1. The smallest absolute Gasteiger partial charge is 0.00458 e. The molecule has 0 heterocycles. The van der Waals surface area contributed by atoms with Crippen LogP contribution >= 0.6 is 12.4 Å². The zero-order valence-corrected chi connectivity index (χ0v) is 6.36. The molecule has 0 aromatic rings. The Kier molecular flexibility index (Phi) is 4.83. The van der Waals surface area contributed by atoms with E-state index in [0.29, 0.717) is 0 Å². The molecule has 1 aliphatic carbocycles. The van der Waals surface area contributed by atoms with E-state index in [9.17, 15) is 0 Å². The number of allylic oxidation sites excluding steroid dienone is 2. The van der Waals surface area contributed by atoms with Crippen LogP contribution in [0.3, 0.4) is 0 Å². The lowest BCUT2D eigenvalue weighted by molar-refractivity contribution is 0.491. The summed E-state index contributed by atoms with van der Waals surface area (Å²) in [5.74, 6) is 0.778. The van der Waals surface area contributed by atoms with Crippen LogP contribution in [0, 0.1) is 5.92 Å². The third-order valence-electron chi connectivity index (χ3n) is 1.71. The molecule has 9 heavy (non-hydrogen) atoms. The molecule has 2 N–H and O–H groups in total. The number of hydrogen-bond acceptors (Lipinski definition) is 1. The van der Waals surface area contributed by atoms with Crippen LogP contribution in [0.1, 0.15) is 19.3 Å². The van der Waals surface area contributed by atoms with Gasteiger partial charge in [0.25, 0.3) is 0 Å². The van der Waals surface area contributed by atoms with Crippen molar-refractivity contribution in [3.05, 3.63) is 12.2 Å². The zero-order chi connectivity index (χ0) is 5.82. The van der Waals surface area contributed by atoms with Crippen molar-refractivity contribution in [2.45, 2.75) is 19.3 Å². The minimum Gasteiger partial charge on any atom is -0.330 e. The number of halogens is 1. The van der Waals surface area contributed by atoms with Crippen LogP contribution in [0.5, 0.6) is 0 Å². The highest BCUT2D eigenvalue weighted by atomic mass is 35.5. The van der Waals surface area contributed by atoms with Crippen LogP contribution < -0.4 is 5.73 Å². The first-order chi connectivity index (χ1) is 3.93. The summed E-state index contributed by atoms with van der Waals surface area (Å²) in [6, 6.07) is 0. The third-order valence-corrected chi connectivity index (χ3v) is 1.71. The van der Waals surface area contributed by atoms with E-state index >= 15 is 0 Å². The summed E-state index contributed by atoms with van der Waals surface area (Å²) in [6.45, 7) is 0.865. The molecule has 54 valence electrons. The van der Waals surface area contributed by atoms with Gasteiger partial charge in [0.1, 0.15) is 0 Å². The molecule has 1 unspecified atom stereocenters. The molecule has 0 saturated heterocycles. The van der Waals surface area contributed by atoms with Crippen molar-refractivity contribution >= 4 is 12.4 Å². The van der Waals surface area contributed by atoms with E-state index in [2.05, 4.69) is 12.2 Å². The van der Waals surface area contributed by atoms with Gasteiger partial charge < -0.3 is 5.73 Å². The molecule has 0 amide bonds. The molecule has 1 aliphatic rings. The maximum absolute atomic E-state index is 5.47. The van der Waals surface area contributed by atoms with Crippen molar-refractivity contribution in [3.8, 4) is 0 Å². The molecule has 0 saturated carbocycles. The van der Waals surface area contributed by atoms with E-state index in [4.69, 9.17) is 5.73 Å². The molecular formula is C7H14ClN. The van der Waals surface area contributed by atoms with Crippen molar-refractivity contribution in [1.29, 1.82) is 0 Å². The second-order valence-corrected chi connectivity index (χ2v) is 2.39. The Morgan fingerprint density at radius 2 is 2.22 bits per heavy atom. The molecular weight excluding hydrogens is 134 g/mol. The van der Waals surface area contributed by atoms with Gasteiger partial charge in [-0.05, 0) is 31.7 Å². The number of hydrogen-bond donors (Lipinski definition) is 1. The lowest BCUT2D eigenvalue weighted by Crippen LogP contribution is -2.14. The normalized spacial score (nSPS) is 25.2. The van der Waals surface area contributed by atoms with E-state index in [0.717, 1.165) is 12.5 Å². The summed E-state index contributed by atoms with van der Waals surface area (Å²) >= 11 is 0. The van der Waals surface area contributed by atoms with E-state index in [1.807, 2.05) is 0 Å². The molecule has 0 aliphatic heterocycles. The van der Waals surface area contributed by atoms with Crippen molar-refractivity contribution < 1.29 is 0 Å². The average Bonchev–Trinajstić information content (AvgIpc) is 1.90. The monoisotopic (exact) mass is 147 g/mol. The van der Waals surface area contributed by atoms with Gasteiger partial charge in [-0.3, -0.25) is 0 Å². The highest BCUT2D eigenvalue weighted by Gasteiger charge is 2.05. The number of rotatable bonds is 1. The minimum absolute atomic E-state index is 0. The van der Waals surface area contributed by atoms with E-state index in [1.54, 1.807) is 0 Å². The van der Waals surface area contributed by atoms with Crippen molar-refractivity contribution in [2.75, 3.05) is 6.54 Å². The fourth-order valence-electron chi connectivity index (χ4n) is 1.07. The summed E-state index contributed by atoms with van der Waals surface area (Å²) < 4.78 is 0. The molecule has 1 nitrogen and oxygen atoms in total. The Labute approximate surface area is 62.7 Å². The standard InChI is InChI=1S/C7H13N.ClH/c8-6-7-4-2-1-3-5-7;/h1-2,7H,3-6,8H2;1H. The summed E-state index contributed by atoms with van der Waals surface area (Å²) in [6.07, 6.45) is 8.22. The second kappa shape index (κ2) is 4.83. The van der Waals surface area contributed by atoms with Gasteiger partial charge in [0, 0.05) is 0 Å². The number of nitrogens with two attached hydrogens (primary N) is 1.